The Morgan fingerprint density at radius 3 is 2.47 bits per heavy atom. The standard InChI is InChI=1S/C13H20BrN/c1-5-10(3)11(4)15-13-7-9(2)6-12(14)8-13/h6-8,10-11,15H,5H2,1-4H3. The second kappa shape index (κ2) is 5.55. The molecule has 2 unspecified atom stereocenters. The summed E-state index contributed by atoms with van der Waals surface area (Å²) in [5.41, 5.74) is 2.48. The molecule has 0 saturated heterocycles. The Labute approximate surface area is 101 Å². The predicted octanol–water partition coefficient (Wildman–Crippen LogP) is 4.60. The molecule has 15 heavy (non-hydrogen) atoms. The van der Waals surface area contributed by atoms with E-state index in [1.165, 1.54) is 17.7 Å². The zero-order valence-electron chi connectivity index (χ0n) is 9.97. The quantitative estimate of drug-likeness (QED) is 0.842. The third-order valence-electron chi connectivity index (χ3n) is 2.93. The van der Waals surface area contributed by atoms with Crippen LogP contribution in [-0.2, 0) is 0 Å². The van der Waals surface area contributed by atoms with Crippen molar-refractivity contribution in [1.82, 2.24) is 0 Å². The molecule has 0 fully saturated rings. The molecule has 1 nitrogen and oxygen atoms in total. The van der Waals surface area contributed by atoms with Crippen LogP contribution in [0.3, 0.4) is 0 Å². The first-order chi connectivity index (χ1) is 7.02. The number of anilines is 1. The summed E-state index contributed by atoms with van der Waals surface area (Å²) in [5.74, 6) is 0.698. The van der Waals surface area contributed by atoms with E-state index >= 15 is 0 Å². The van der Waals surface area contributed by atoms with Gasteiger partial charge in [0.15, 0.2) is 0 Å². The monoisotopic (exact) mass is 269 g/mol. The van der Waals surface area contributed by atoms with Crippen LogP contribution in [-0.4, -0.2) is 6.04 Å². The van der Waals surface area contributed by atoms with Crippen molar-refractivity contribution in [2.24, 2.45) is 5.92 Å². The molecule has 0 aliphatic rings. The normalized spacial score (nSPS) is 14.7. The van der Waals surface area contributed by atoms with Crippen molar-refractivity contribution in [3.05, 3.63) is 28.2 Å². The maximum atomic E-state index is 3.54. The summed E-state index contributed by atoms with van der Waals surface area (Å²) in [6.45, 7) is 8.87. The predicted molar refractivity (Wildman–Crippen MR) is 71.4 cm³/mol. The molecule has 1 aromatic rings. The van der Waals surface area contributed by atoms with Gasteiger partial charge in [-0.05, 0) is 43.5 Å². The Bertz CT molecular complexity index is 302. The van der Waals surface area contributed by atoms with Crippen LogP contribution in [0.1, 0.15) is 32.8 Å². The highest BCUT2D eigenvalue weighted by atomic mass is 79.9. The van der Waals surface area contributed by atoms with Crippen molar-refractivity contribution in [3.63, 3.8) is 0 Å². The number of nitrogens with one attached hydrogen (secondary N) is 1. The number of rotatable bonds is 4. The Morgan fingerprint density at radius 1 is 1.27 bits per heavy atom. The molecular weight excluding hydrogens is 250 g/mol. The van der Waals surface area contributed by atoms with Crippen LogP contribution in [0.25, 0.3) is 0 Å². The maximum Gasteiger partial charge on any atom is 0.0356 e. The van der Waals surface area contributed by atoms with Gasteiger partial charge in [0.1, 0.15) is 0 Å². The summed E-state index contributed by atoms with van der Waals surface area (Å²) in [6.07, 6.45) is 1.21. The van der Waals surface area contributed by atoms with Crippen LogP contribution in [0.5, 0.6) is 0 Å². The molecule has 0 radical (unpaired) electrons. The van der Waals surface area contributed by atoms with Crippen molar-refractivity contribution in [2.45, 2.75) is 40.2 Å². The molecule has 0 aliphatic carbocycles. The molecule has 0 aliphatic heterocycles. The van der Waals surface area contributed by atoms with Crippen molar-refractivity contribution in [1.29, 1.82) is 0 Å². The van der Waals surface area contributed by atoms with E-state index in [0.717, 1.165) is 4.47 Å². The fourth-order valence-corrected chi connectivity index (χ4v) is 2.19. The van der Waals surface area contributed by atoms with E-state index in [9.17, 15) is 0 Å². The Balaban J connectivity index is 2.72. The summed E-state index contributed by atoms with van der Waals surface area (Å²) in [5, 5.41) is 3.54. The van der Waals surface area contributed by atoms with Crippen molar-refractivity contribution in [3.8, 4) is 0 Å². The lowest BCUT2D eigenvalue weighted by Crippen LogP contribution is -2.23. The number of hydrogen-bond acceptors (Lipinski definition) is 1. The lowest BCUT2D eigenvalue weighted by Gasteiger charge is -2.21. The number of benzene rings is 1. The Morgan fingerprint density at radius 2 is 1.93 bits per heavy atom. The third kappa shape index (κ3) is 3.86. The molecule has 1 N–H and O–H groups in total. The molecule has 1 aromatic carbocycles. The molecule has 0 bridgehead atoms. The van der Waals surface area contributed by atoms with E-state index in [1.807, 2.05) is 0 Å². The number of aryl methyl sites for hydroxylation is 1. The van der Waals surface area contributed by atoms with Crippen LogP contribution in [0.4, 0.5) is 5.69 Å². The summed E-state index contributed by atoms with van der Waals surface area (Å²) >= 11 is 3.52. The van der Waals surface area contributed by atoms with Gasteiger partial charge < -0.3 is 5.32 Å². The van der Waals surface area contributed by atoms with Gasteiger partial charge in [-0.2, -0.15) is 0 Å². The molecule has 1 rings (SSSR count). The zero-order valence-corrected chi connectivity index (χ0v) is 11.6. The van der Waals surface area contributed by atoms with Crippen LogP contribution >= 0.6 is 15.9 Å². The second-order valence-electron chi connectivity index (χ2n) is 4.34. The zero-order chi connectivity index (χ0) is 11.4. The first-order valence-electron chi connectivity index (χ1n) is 5.56. The molecule has 0 saturated carbocycles. The average molecular weight is 270 g/mol. The van der Waals surface area contributed by atoms with E-state index in [4.69, 9.17) is 0 Å². The van der Waals surface area contributed by atoms with Crippen LogP contribution in [0.2, 0.25) is 0 Å². The summed E-state index contributed by atoms with van der Waals surface area (Å²) in [6, 6.07) is 6.96. The van der Waals surface area contributed by atoms with Gasteiger partial charge >= 0.3 is 0 Å². The van der Waals surface area contributed by atoms with Gasteiger partial charge in [-0.3, -0.25) is 0 Å². The molecule has 0 amide bonds. The van der Waals surface area contributed by atoms with Gasteiger partial charge in [-0.1, -0.05) is 36.2 Å². The van der Waals surface area contributed by atoms with Gasteiger partial charge in [-0.15, -0.1) is 0 Å². The third-order valence-corrected chi connectivity index (χ3v) is 3.39. The van der Waals surface area contributed by atoms with Crippen LogP contribution in [0, 0.1) is 12.8 Å². The SMILES string of the molecule is CCC(C)C(C)Nc1cc(C)cc(Br)c1. The number of hydrogen-bond donors (Lipinski definition) is 1. The summed E-state index contributed by atoms with van der Waals surface area (Å²) in [7, 11) is 0. The van der Waals surface area contributed by atoms with Gasteiger partial charge in [0.25, 0.3) is 0 Å². The minimum atomic E-state index is 0.517. The molecule has 2 heteroatoms. The second-order valence-corrected chi connectivity index (χ2v) is 5.25. The Hall–Kier alpha value is -0.500. The molecule has 0 spiro atoms. The van der Waals surface area contributed by atoms with Crippen LogP contribution < -0.4 is 5.32 Å². The summed E-state index contributed by atoms with van der Waals surface area (Å²) in [4.78, 5) is 0. The lowest BCUT2D eigenvalue weighted by molar-refractivity contribution is 0.494. The fraction of sp³-hybridized carbons (Fsp3) is 0.538. The molecule has 84 valence electrons. The van der Waals surface area contributed by atoms with Crippen LogP contribution in [0.15, 0.2) is 22.7 Å². The summed E-state index contributed by atoms with van der Waals surface area (Å²) < 4.78 is 1.14. The van der Waals surface area contributed by atoms with Crippen molar-refractivity contribution in [2.75, 3.05) is 5.32 Å². The number of halogens is 1. The van der Waals surface area contributed by atoms with E-state index < -0.39 is 0 Å². The fourth-order valence-electron chi connectivity index (χ4n) is 1.58. The maximum absolute atomic E-state index is 3.54. The average Bonchev–Trinajstić information content (AvgIpc) is 2.14. The van der Waals surface area contributed by atoms with Crippen molar-refractivity contribution >= 4 is 21.6 Å². The first kappa shape index (κ1) is 12.6. The van der Waals surface area contributed by atoms with E-state index in [2.05, 4.69) is 67.1 Å². The van der Waals surface area contributed by atoms with E-state index in [0.29, 0.717) is 12.0 Å². The first-order valence-corrected chi connectivity index (χ1v) is 6.36. The molecule has 0 heterocycles. The highest BCUT2D eigenvalue weighted by Gasteiger charge is 2.09. The van der Waals surface area contributed by atoms with Gasteiger partial charge in [0.05, 0.1) is 0 Å². The van der Waals surface area contributed by atoms with Crippen molar-refractivity contribution < 1.29 is 0 Å². The minimum Gasteiger partial charge on any atom is -0.382 e. The largest absolute Gasteiger partial charge is 0.382 e. The molecule has 0 aromatic heterocycles. The van der Waals surface area contributed by atoms with Gasteiger partial charge in [-0.25, -0.2) is 0 Å². The topological polar surface area (TPSA) is 12.0 Å². The van der Waals surface area contributed by atoms with Gasteiger partial charge in [0, 0.05) is 16.2 Å². The van der Waals surface area contributed by atoms with Gasteiger partial charge in [0.2, 0.25) is 0 Å². The lowest BCUT2D eigenvalue weighted by atomic mass is 10.0. The smallest absolute Gasteiger partial charge is 0.0356 e. The Kier molecular flexibility index (Phi) is 4.65. The highest BCUT2D eigenvalue weighted by molar-refractivity contribution is 9.10. The van der Waals surface area contributed by atoms with E-state index in [-0.39, 0.29) is 0 Å². The minimum absolute atomic E-state index is 0.517. The van der Waals surface area contributed by atoms with E-state index in [1.54, 1.807) is 0 Å². The molecule has 2 atom stereocenters. The molecular formula is C13H20BrN. The highest BCUT2D eigenvalue weighted by Crippen LogP contribution is 2.21.